The monoisotopic (exact) mass is 492 g/mol. The van der Waals surface area contributed by atoms with Gasteiger partial charge in [0.2, 0.25) is 5.91 Å². The number of H-pyrrole nitrogens is 2. The first-order chi connectivity index (χ1) is 17.6. The van der Waals surface area contributed by atoms with E-state index in [4.69, 9.17) is 4.98 Å². The maximum absolute atomic E-state index is 12.0. The molecular weight excluding hydrogens is 468 g/mol. The van der Waals surface area contributed by atoms with Gasteiger partial charge >= 0.3 is 0 Å². The summed E-state index contributed by atoms with van der Waals surface area (Å²) in [4.78, 5) is 27.3. The van der Waals surface area contributed by atoms with E-state index in [1.54, 1.807) is 23.7 Å². The summed E-state index contributed by atoms with van der Waals surface area (Å²) in [6, 6.07) is 18.6. The predicted octanol–water partition coefficient (Wildman–Crippen LogP) is 6.94. The number of carbonyl (C=O) groups excluding carboxylic acids is 1. The van der Waals surface area contributed by atoms with Crippen LogP contribution in [0.15, 0.2) is 67.0 Å². The van der Waals surface area contributed by atoms with Crippen molar-refractivity contribution in [1.82, 2.24) is 25.1 Å². The minimum Gasteiger partial charge on any atom is -0.353 e. The molecule has 0 spiro atoms. The lowest BCUT2D eigenvalue weighted by Gasteiger charge is -2.06. The zero-order chi connectivity index (χ0) is 24.6. The van der Waals surface area contributed by atoms with Crippen molar-refractivity contribution in [3.8, 4) is 33.1 Å². The molecule has 8 heteroatoms. The molecule has 5 aromatic heterocycles. The van der Waals surface area contributed by atoms with E-state index in [9.17, 15) is 4.79 Å². The predicted molar refractivity (Wildman–Crippen MR) is 146 cm³/mol. The van der Waals surface area contributed by atoms with Crippen LogP contribution < -0.4 is 5.32 Å². The first-order valence-corrected chi connectivity index (χ1v) is 12.7. The average molecular weight is 493 g/mol. The minimum absolute atomic E-state index is 0.0205. The zero-order valence-electron chi connectivity index (χ0n) is 19.9. The van der Waals surface area contributed by atoms with E-state index in [0.717, 1.165) is 51.0 Å². The third-order valence-corrected chi connectivity index (χ3v) is 7.16. The number of pyridine rings is 2. The number of thiophene rings is 1. The number of rotatable bonds is 6. The number of carbonyl (C=O) groups is 1. The molecular formula is C28H24N6OS. The third-order valence-electron chi connectivity index (χ3n) is 6.13. The first-order valence-electron chi connectivity index (χ1n) is 11.9. The highest BCUT2D eigenvalue weighted by Crippen LogP contribution is 2.36. The van der Waals surface area contributed by atoms with E-state index < -0.39 is 0 Å². The van der Waals surface area contributed by atoms with Crippen LogP contribution in [0.25, 0.3) is 55.0 Å². The quantitative estimate of drug-likeness (QED) is 0.234. The van der Waals surface area contributed by atoms with E-state index in [-0.39, 0.29) is 5.91 Å². The highest BCUT2D eigenvalue weighted by Gasteiger charge is 2.16. The van der Waals surface area contributed by atoms with Crippen LogP contribution in [-0.2, 0) is 4.79 Å². The summed E-state index contributed by atoms with van der Waals surface area (Å²) in [5.41, 5.74) is 7.79. The second-order valence-corrected chi connectivity index (χ2v) is 10.1. The number of hydrogen-bond donors (Lipinski definition) is 3. The van der Waals surface area contributed by atoms with Gasteiger partial charge in [0.25, 0.3) is 0 Å². The minimum atomic E-state index is -0.0205. The number of amides is 1. The molecule has 0 unspecified atom stereocenters. The maximum atomic E-state index is 12.0. The Morgan fingerprint density at radius 2 is 1.97 bits per heavy atom. The summed E-state index contributed by atoms with van der Waals surface area (Å²) in [7, 11) is 0. The number of anilines is 1. The lowest BCUT2D eigenvalue weighted by atomic mass is 10.1. The normalized spacial score (nSPS) is 11.4. The van der Waals surface area contributed by atoms with Crippen LogP contribution >= 0.6 is 11.3 Å². The van der Waals surface area contributed by atoms with Gasteiger partial charge in [-0.15, -0.1) is 11.3 Å². The molecule has 0 saturated heterocycles. The van der Waals surface area contributed by atoms with Crippen molar-refractivity contribution in [3.63, 3.8) is 0 Å². The molecule has 7 nitrogen and oxygen atoms in total. The fourth-order valence-corrected chi connectivity index (χ4v) is 5.33. The molecule has 5 heterocycles. The summed E-state index contributed by atoms with van der Waals surface area (Å²) in [5.74, 6) is -0.0205. The topological polar surface area (TPSA) is 99.4 Å². The van der Waals surface area contributed by atoms with Crippen molar-refractivity contribution in [2.24, 2.45) is 0 Å². The SMILES string of the molecule is CCCC(=O)Nc1cncc(-c2ccc3[nH]nc(-c4cc5c(-c6ccc(C)s6)cccc5[nH]4)c3n2)c1. The second kappa shape index (κ2) is 9.05. The lowest BCUT2D eigenvalue weighted by molar-refractivity contribution is -0.116. The van der Waals surface area contributed by atoms with Crippen molar-refractivity contribution in [3.05, 3.63) is 71.9 Å². The average Bonchev–Trinajstić information content (AvgIpc) is 3.61. The van der Waals surface area contributed by atoms with Crippen molar-refractivity contribution in [2.75, 3.05) is 5.32 Å². The molecule has 0 aliphatic heterocycles. The number of aryl methyl sites for hydroxylation is 1. The van der Waals surface area contributed by atoms with Gasteiger partial charge in [0.1, 0.15) is 11.2 Å². The molecule has 1 amide bonds. The Kier molecular flexibility index (Phi) is 5.58. The number of nitrogens with one attached hydrogen (secondary N) is 3. The van der Waals surface area contributed by atoms with Gasteiger partial charge in [-0.1, -0.05) is 19.1 Å². The van der Waals surface area contributed by atoms with E-state index in [2.05, 4.69) is 68.8 Å². The van der Waals surface area contributed by atoms with Crippen LogP contribution in [0.5, 0.6) is 0 Å². The van der Waals surface area contributed by atoms with E-state index >= 15 is 0 Å². The molecule has 0 radical (unpaired) electrons. The molecule has 6 rings (SSSR count). The van der Waals surface area contributed by atoms with Gasteiger partial charge in [0.05, 0.1) is 28.8 Å². The van der Waals surface area contributed by atoms with E-state index in [0.29, 0.717) is 12.1 Å². The van der Waals surface area contributed by atoms with Crippen LogP contribution in [0.1, 0.15) is 24.6 Å². The summed E-state index contributed by atoms with van der Waals surface area (Å²) in [5, 5.41) is 11.8. The third kappa shape index (κ3) is 4.05. The van der Waals surface area contributed by atoms with Crippen molar-refractivity contribution >= 4 is 44.9 Å². The fraction of sp³-hybridized carbons (Fsp3) is 0.143. The molecule has 36 heavy (non-hydrogen) atoms. The molecule has 0 atom stereocenters. The molecule has 0 fully saturated rings. The van der Waals surface area contributed by atoms with Crippen LogP contribution in [0.4, 0.5) is 5.69 Å². The Labute approximate surface area is 211 Å². The van der Waals surface area contributed by atoms with Crippen molar-refractivity contribution < 1.29 is 4.79 Å². The summed E-state index contributed by atoms with van der Waals surface area (Å²) >= 11 is 1.79. The number of benzene rings is 1. The molecule has 0 saturated carbocycles. The Morgan fingerprint density at radius 1 is 1.06 bits per heavy atom. The van der Waals surface area contributed by atoms with Crippen LogP contribution in [0.3, 0.4) is 0 Å². The summed E-state index contributed by atoms with van der Waals surface area (Å²) < 4.78 is 0. The number of aromatic nitrogens is 5. The van der Waals surface area contributed by atoms with Crippen LogP contribution in [-0.4, -0.2) is 31.1 Å². The van der Waals surface area contributed by atoms with Gasteiger partial charge < -0.3 is 10.3 Å². The van der Waals surface area contributed by atoms with Crippen LogP contribution in [0.2, 0.25) is 0 Å². The van der Waals surface area contributed by atoms with Gasteiger partial charge in [-0.25, -0.2) is 4.98 Å². The number of nitrogens with zero attached hydrogens (tertiary/aromatic N) is 3. The molecule has 1 aromatic carbocycles. The van der Waals surface area contributed by atoms with E-state index in [1.807, 2.05) is 25.1 Å². The highest BCUT2D eigenvalue weighted by atomic mass is 32.1. The Morgan fingerprint density at radius 3 is 2.81 bits per heavy atom. The Bertz CT molecular complexity index is 1730. The lowest BCUT2D eigenvalue weighted by Crippen LogP contribution is -2.10. The molecule has 0 bridgehead atoms. The number of aromatic amines is 2. The van der Waals surface area contributed by atoms with E-state index in [1.165, 1.54) is 15.3 Å². The molecule has 6 aromatic rings. The molecule has 0 aliphatic carbocycles. The maximum Gasteiger partial charge on any atom is 0.224 e. The van der Waals surface area contributed by atoms with Crippen molar-refractivity contribution in [1.29, 1.82) is 0 Å². The smallest absolute Gasteiger partial charge is 0.224 e. The molecule has 0 aliphatic rings. The Balaban J connectivity index is 1.40. The zero-order valence-corrected chi connectivity index (χ0v) is 20.7. The standard InChI is InChI=1S/C28H24N6OS/c1-3-5-26(35)30-18-12-17(14-29-15-18)21-9-10-23-27(32-21)28(34-33-23)24-13-20-19(6-4-7-22(20)31-24)25-11-8-16(2)36-25/h4,6-15,31H,3,5H2,1-2H3,(H,30,35)(H,33,34). The fourth-order valence-electron chi connectivity index (χ4n) is 4.42. The largest absolute Gasteiger partial charge is 0.353 e. The second-order valence-electron chi connectivity index (χ2n) is 8.79. The Hall–Kier alpha value is -4.30. The first kappa shape index (κ1) is 22.2. The molecule has 3 N–H and O–H groups in total. The molecule has 178 valence electrons. The number of fused-ring (bicyclic) bond motifs is 2. The number of hydrogen-bond acceptors (Lipinski definition) is 5. The van der Waals surface area contributed by atoms with Gasteiger partial charge in [-0.05, 0) is 55.8 Å². The summed E-state index contributed by atoms with van der Waals surface area (Å²) in [6.45, 7) is 4.10. The van der Waals surface area contributed by atoms with Gasteiger partial charge in [-0.2, -0.15) is 5.10 Å². The summed E-state index contributed by atoms with van der Waals surface area (Å²) in [6.07, 6.45) is 4.67. The van der Waals surface area contributed by atoms with Crippen LogP contribution in [0, 0.1) is 6.92 Å². The van der Waals surface area contributed by atoms with Crippen molar-refractivity contribution in [2.45, 2.75) is 26.7 Å². The van der Waals surface area contributed by atoms with Gasteiger partial charge in [0.15, 0.2) is 0 Å². The van der Waals surface area contributed by atoms with Gasteiger partial charge in [0, 0.05) is 44.4 Å². The highest BCUT2D eigenvalue weighted by molar-refractivity contribution is 7.15. The van der Waals surface area contributed by atoms with Gasteiger partial charge in [-0.3, -0.25) is 14.9 Å².